The third-order valence-corrected chi connectivity index (χ3v) is 1.06. The predicted octanol–water partition coefficient (Wildman–Crippen LogP) is 1.41. The maximum absolute atomic E-state index is 12.0. The summed E-state index contributed by atoms with van der Waals surface area (Å²) >= 11 is 5.44. The highest BCUT2D eigenvalue weighted by Crippen LogP contribution is 2.07. The predicted molar refractivity (Wildman–Crippen MR) is 40.9 cm³/mol. The molecule has 0 spiro atoms. The molecule has 0 aliphatic carbocycles. The number of benzene rings is 1. The molecule has 56 valence electrons. The first kappa shape index (κ1) is 9.36. The van der Waals surface area contributed by atoms with Crippen molar-refractivity contribution in [3.05, 3.63) is 35.1 Å². The Kier molecular flexibility index (Phi) is 4.84. The summed E-state index contributed by atoms with van der Waals surface area (Å²) in [6, 6.07) is 5.67. The summed E-state index contributed by atoms with van der Waals surface area (Å²) in [5.74, 6) is 7.74. The van der Waals surface area contributed by atoms with Crippen molar-refractivity contribution >= 4 is 11.6 Å². The highest BCUT2D eigenvalue weighted by molar-refractivity contribution is 6.30. The molecule has 1 rings (SSSR count). The Morgan fingerprint density at radius 1 is 1.20 bits per heavy atom. The molecule has 2 nitrogen and oxygen atoms in total. The van der Waals surface area contributed by atoms with E-state index < -0.39 is 0 Å². The zero-order chi connectivity index (χ0) is 7.98. The van der Waals surface area contributed by atoms with E-state index in [9.17, 15) is 4.39 Å². The number of nitrogens with two attached hydrogens (primary N) is 2. The molecule has 0 fully saturated rings. The third-order valence-electron chi connectivity index (χ3n) is 0.804. The minimum atomic E-state index is -0.255. The smallest absolute Gasteiger partial charge is 0.274 e. The second-order valence-electron chi connectivity index (χ2n) is 1.44. The fourth-order valence-corrected chi connectivity index (χ4v) is 0.556. The quantitative estimate of drug-likeness (QED) is 0.449. The third kappa shape index (κ3) is 3.40. The first-order valence-corrected chi connectivity index (χ1v) is 2.91. The molecule has 0 unspecified atom stereocenters. The second-order valence-corrected chi connectivity index (χ2v) is 1.87. The normalized spacial score (nSPS) is 8.00. The first-order chi connectivity index (χ1) is 4.79. The maximum Gasteiger partial charge on any atom is 1.00 e. The first-order valence-electron chi connectivity index (χ1n) is 2.53. The van der Waals surface area contributed by atoms with Gasteiger partial charge < -0.3 is 0 Å². The van der Waals surface area contributed by atoms with E-state index in [1.54, 1.807) is 0 Å². The Balaban J connectivity index is 0. The molecule has 0 aromatic heterocycles. The SMILES string of the molecule is Fc1ccc(Cl)cc1.NN.[H+]. The molecule has 0 radical (unpaired) electrons. The van der Waals surface area contributed by atoms with Crippen LogP contribution in [-0.2, 0) is 0 Å². The molecule has 0 aliphatic heterocycles. The van der Waals surface area contributed by atoms with Crippen molar-refractivity contribution in [2.45, 2.75) is 0 Å². The van der Waals surface area contributed by atoms with E-state index >= 15 is 0 Å². The van der Waals surface area contributed by atoms with Crippen molar-refractivity contribution in [2.75, 3.05) is 0 Å². The maximum atomic E-state index is 12.0. The average Bonchev–Trinajstić information content (AvgIpc) is 2.00. The van der Waals surface area contributed by atoms with Gasteiger partial charge >= 0.3 is 1.43 Å². The molecule has 1 aromatic carbocycles. The minimum Gasteiger partial charge on any atom is -0.274 e. The molecule has 0 amide bonds. The van der Waals surface area contributed by atoms with Gasteiger partial charge in [-0.25, -0.2) is 4.39 Å². The lowest BCUT2D eigenvalue weighted by molar-refractivity contribution is 0.628. The molecule has 0 atom stereocenters. The lowest BCUT2D eigenvalue weighted by Gasteiger charge is -1.84. The molecular weight excluding hydrogens is 155 g/mol. The van der Waals surface area contributed by atoms with E-state index in [4.69, 9.17) is 11.6 Å². The van der Waals surface area contributed by atoms with Crippen LogP contribution in [0.4, 0.5) is 4.39 Å². The van der Waals surface area contributed by atoms with Gasteiger partial charge in [0.2, 0.25) is 0 Å². The van der Waals surface area contributed by atoms with Crippen LogP contribution in [0.1, 0.15) is 1.43 Å². The van der Waals surface area contributed by atoms with Crippen LogP contribution in [0.2, 0.25) is 5.02 Å². The van der Waals surface area contributed by atoms with Gasteiger partial charge in [-0.2, -0.15) is 0 Å². The molecule has 0 saturated heterocycles. The van der Waals surface area contributed by atoms with Crippen LogP contribution in [-0.4, -0.2) is 0 Å². The van der Waals surface area contributed by atoms with E-state index in [0.29, 0.717) is 5.02 Å². The molecule has 0 aliphatic rings. The molecule has 4 N–H and O–H groups in total. The number of hydrogen-bond donors (Lipinski definition) is 2. The van der Waals surface area contributed by atoms with E-state index in [1.165, 1.54) is 24.3 Å². The average molecular weight is 164 g/mol. The van der Waals surface area contributed by atoms with Crippen molar-refractivity contribution in [1.82, 2.24) is 0 Å². The van der Waals surface area contributed by atoms with Gasteiger partial charge in [0, 0.05) is 5.02 Å². The fraction of sp³-hybridized carbons (Fsp3) is 0. The second kappa shape index (κ2) is 5.17. The summed E-state index contributed by atoms with van der Waals surface area (Å²) in [7, 11) is 0. The van der Waals surface area contributed by atoms with Gasteiger partial charge in [0.25, 0.3) is 0 Å². The zero-order valence-corrected chi connectivity index (χ0v) is 5.98. The van der Waals surface area contributed by atoms with Crippen LogP contribution in [0.15, 0.2) is 24.3 Å². The summed E-state index contributed by atoms with van der Waals surface area (Å²) in [6.07, 6.45) is 0. The van der Waals surface area contributed by atoms with E-state index in [-0.39, 0.29) is 7.24 Å². The Labute approximate surface area is 65.0 Å². The summed E-state index contributed by atoms with van der Waals surface area (Å²) < 4.78 is 12.0. The van der Waals surface area contributed by atoms with Gasteiger partial charge in [-0.3, -0.25) is 11.7 Å². The van der Waals surface area contributed by atoms with Crippen molar-refractivity contribution in [1.29, 1.82) is 0 Å². The number of halogens is 2. The van der Waals surface area contributed by atoms with Crippen LogP contribution in [0.5, 0.6) is 0 Å². The van der Waals surface area contributed by atoms with Crippen LogP contribution >= 0.6 is 11.6 Å². The molecule has 0 bridgehead atoms. The molecular formula is C6H9ClFN2+. The Bertz CT molecular complexity index is 159. The van der Waals surface area contributed by atoms with Crippen LogP contribution in [0.25, 0.3) is 0 Å². The molecule has 4 heteroatoms. The summed E-state index contributed by atoms with van der Waals surface area (Å²) in [5.41, 5.74) is 0. The molecule has 0 saturated carbocycles. The number of hydrazine groups is 1. The lowest BCUT2D eigenvalue weighted by atomic mass is 10.4. The summed E-state index contributed by atoms with van der Waals surface area (Å²) in [5, 5.41) is 0.561. The molecule has 1 aromatic rings. The largest absolute Gasteiger partial charge is 1.00 e. The lowest BCUT2D eigenvalue weighted by Crippen LogP contribution is -2.02. The van der Waals surface area contributed by atoms with Crippen molar-refractivity contribution in [2.24, 2.45) is 11.7 Å². The summed E-state index contributed by atoms with van der Waals surface area (Å²) in [6.45, 7) is 0. The standard InChI is InChI=1S/C6H4ClF.H4N2/c7-5-1-3-6(8)4-2-5;1-2/h1-4H;1-2H2/p+1. The molecule has 0 heterocycles. The van der Waals surface area contributed by atoms with Crippen molar-refractivity contribution in [3.8, 4) is 0 Å². The van der Waals surface area contributed by atoms with Gasteiger partial charge in [0.1, 0.15) is 5.82 Å². The van der Waals surface area contributed by atoms with Crippen LogP contribution in [0.3, 0.4) is 0 Å². The highest BCUT2D eigenvalue weighted by atomic mass is 35.5. The van der Waals surface area contributed by atoms with Crippen molar-refractivity contribution in [3.63, 3.8) is 0 Å². The van der Waals surface area contributed by atoms with E-state index in [0.717, 1.165) is 0 Å². The van der Waals surface area contributed by atoms with Gasteiger partial charge in [-0.15, -0.1) is 0 Å². The van der Waals surface area contributed by atoms with Gasteiger partial charge in [-0.05, 0) is 24.3 Å². The zero-order valence-electron chi connectivity index (χ0n) is 6.22. The number of rotatable bonds is 0. The van der Waals surface area contributed by atoms with Crippen molar-refractivity contribution < 1.29 is 5.82 Å². The Hall–Kier alpha value is -0.640. The minimum absolute atomic E-state index is 0. The van der Waals surface area contributed by atoms with Gasteiger partial charge in [0.05, 0.1) is 0 Å². The fourth-order valence-electron chi connectivity index (χ4n) is 0.430. The molecule has 10 heavy (non-hydrogen) atoms. The monoisotopic (exact) mass is 163 g/mol. The highest BCUT2D eigenvalue weighted by Gasteiger charge is 1.85. The van der Waals surface area contributed by atoms with E-state index in [1.807, 2.05) is 0 Å². The van der Waals surface area contributed by atoms with Gasteiger partial charge in [0.15, 0.2) is 0 Å². The topological polar surface area (TPSA) is 52.0 Å². The van der Waals surface area contributed by atoms with Crippen LogP contribution in [0, 0.1) is 5.82 Å². The number of hydrogen-bond acceptors (Lipinski definition) is 2. The van der Waals surface area contributed by atoms with Crippen LogP contribution < -0.4 is 11.7 Å². The summed E-state index contributed by atoms with van der Waals surface area (Å²) in [4.78, 5) is 0. The van der Waals surface area contributed by atoms with Gasteiger partial charge in [-0.1, -0.05) is 11.6 Å². The Morgan fingerprint density at radius 2 is 1.60 bits per heavy atom. The van der Waals surface area contributed by atoms with E-state index in [2.05, 4.69) is 11.7 Å². The Morgan fingerprint density at radius 3 is 1.90 bits per heavy atom.